The predicted octanol–water partition coefficient (Wildman–Crippen LogP) is 2.87. The zero-order valence-corrected chi connectivity index (χ0v) is 12.4. The van der Waals surface area contributed by atoms with Gasteiger partial charge in [-0.05, 0) is 54.7 Å². The van der Waals surface area contributed by atoms with Gasteiger partial charge in [0, 0.05) is 5.69 Å². The van der Waals surface area contributed by atoms with Crippen molar-refractivity contribution in [1.29, 1.82) is 0 Å². The van der Waals surface area contributed by atoms with Crippen molar-refractivity contribution < 1.29 is 13.6 Å². The van der Waals surface area contributed by atoms with E-state index < -0.39 is 11.6 Å². The number of carbonyl (C=O) groups excluding carboxylic acids is 1. The largest absolute Gasteiger partial charge is 0.335 e. The second-order valence-electron chi connectivity index (χ2n) is 4.68. The molecule has 0 aromatic heterocycles. The molecule has 116 valence electrons. The molecule has 0 aliphatic carbocycles. The smallest absolute Gasteiger partial charge is 0.232 e. The normalized spacial score (nSPS) is 14.3. The van der Waals surface area contributed by atoms with E-state index in [1.165, 1.54) is 36.4 Å². The summed E-state index contributed by atoms with van der Waals surface area (Å²) in [4.78, 5) is 12.1. The third-order valence-electron chi connectivity index (χ3n) is 3.07. The van der Waals surface area contributed by atoms with Crippen molar-refractivity contribution in [2.75, 3.05) is 10.6 Å². The number of nitrogens with zero attached hydrogens (tertiary/aromatic N) is 1. The van der Waals surface area contributed by atoms with Crippen molar-refractivity contribution in [2.45, 2.75) is 0 Å². The molecule has 0 bridgehead atoms. The Morgan fingerprint density at radius 3 is 2.52 bits per heavy atom. The van der Waals surface area contributed by atoms with E-state index in [9.17, 15) is 13.6 Å². The number of anilines is 2. The highest BCUT2D eigenvalue weighted by molar-refractivity contribution is 7.80. The number of hydrogen-bond donors (Lipinski definition) is 3. The number of halogens is 2. The van der Waals surface area contributed by atoms with Gasteiger partial charge in [-0.15, -0.1) is 0 Å². The Labute approximate surface area is 135 Å². The maximum atomic E-state index is 13.2. The van der Waals surface area contributed by atoms with Gasteiger partial charge in [-0.3, -0.25) is 10.2 Å². The average Bonchev–Trinajstić information content (AvgIpc) is 2.84. The van der Waals surface area contributed by atoms with E-state index in [1.807, 2.05) is 0 Å². The van der Waals surface area contributed by atoms with Crippen LogP contribution in [-0.2, 0) is 0 Å². The van der Waals surface area contributed by atoms with Crippen LogP contribution in [0.4, 0.5) is 20.2 Å². The first kappa shape index (κ1) is 15.0. The van der Waals surface area contributed by atoms with E-state index in [-0.39, 0.29) is 22.3 Å². The molecule has 5 nitrogen and oxygen atoms in total. The van der Waals surface area contributed by atoms with Crippen LogP contribution in [0.2, 0.25) is 0 Å². The van der Waals surface area contributed by atoms with Crippen LogP contribution in [-0.4, -0.2) is 16.7 Å². The molecule has 1 heterocycles. The molecule has 23 heavy (non-hydrogen) atoms. The maximum absolute atomic E-state index is 13.2. The number of Topliss-reactive ketones (excluding diaryl/α,β-unsaturated/α-hetero) is 1. The van der Waals surface area contributed by atoms with E-state index in [0.717, 1.165) is 6.07 Å². The number of fused-ring (bicyclic) bond motifs is 1. The Bertz CT molecular complexity index is 821. The summed E-state index contributed by atoms with van der Waals surface area (Å²) in [5, 5.41) is 9.55. The number of carbonyl (C=O) groups is 1. The lowest BCUT2D eigenvalue weighted by atomic mass is 10.1. The summed E-state index contributed by atoms with van der Waals surface area (Å²) in [6, 6.07) is 9.43. The summed E-state index contributed by atoms with van der Waals surface area (Å²) in [6.07, 6.45) is 0. The van der Waals surface area contributed by atoms with Crippen LogP contribution in [0.15, 0.2) is 47.6 Å². The lowest BCUT2D eigenvalue weighted by Gasteiger charge is -2.07. The van der Waals surface area contributed by atoms with Crippen molar-refractivity contribution >= 4 is 40.3 Å². The predicted molar refractivity (Wildman–Crippen MR) is 87.5 cm³/mol. The second-order valence-corrected chi connectivity index (χ2v) is 5.09. The van der Waals surface area contributed by atoms with Crippen LogP contribution in [0.25, 0.3) is 0 Å². The van der Waals surface area contributed by atoms with E-state index in [0.29, 0.717) is 11.4 Å². The third-order valence-corrected chi connectivity index (χ3v) is 3.26. The van der Waals surface area contributed by atoms with Gasteiger partial charge in [0.05, 0.1) is 11.3 Å². The molecule has 2 aromatic carbocycles. The first-order valence-electron chi connectivity index (χ1n) is 6.54. The minimum atomic E-state index is -0.499. The van der Waals surface area contributed by atoms with Crippen molar-refractivity contribution in [2.24, 2.45) is 5.10 Å². The van der Waals surface area contributed by atoms with E-state index in [1.54, 1.807) is 0 Å². The molecule has 0 fully saturated rings. The van der Waals surface area contributed by atoms with Crippen LogP contribution in [0, 0.1) is 11.6 Å². The molecule has 0 spiro atoms. The lowest BCUT2D eigenvalue weighted by molar-refractivity contribution is 0.106. The van der Waals surface area contributed by atoms with Gasteiger partial charge in [0.25, 0.3) is 0 Å². The minimum Gasteiger partial charge on any atom is -0.335 e. The van der Waals surface area contributed by atoms with Gasteiger partial charge in [-0.25, -0.2) is 8.78 Å². The monoisotopic (exact) mass is 332 g/mol. The number of hydrazone groups is 1. The first-order valence-corrected chi connectivity index (χ1v) is 6.95. The third kappa shape index (κ3) is 3.32. The Morgan fingerprint density at radius 2 is 1.78 bits per heavy atom. The van der Waals surface area contributed by atoms with E-state index >= 15 is 0 Å². The van der Waals surface area contributed by atoms with Crippen LogP contribution >= 0.6 is 12.2 Å². The van der Waals surface area contributed by atoms with E-state index in [2.05, 4.69) is 21.2 Å². The minimum absolute atomic E-state index is 0.00820. The highest BCUT2D eigenvalue weighted by atomic mass is 32.1. The van der Waals surface area contributed by atoms with Crippen LogP contribution in [0.5, 0.6) is 0 Å². The summed E-state index contributed by atoms with van der Waals surface area (Å²) in [7, 11) is 0. The lowest BCUT2D eigenvalue weighted by Crippen LogP contribution is -2.27. The molecular weight excluding hydrogens is 322 g/mol. The molecule has 0 radical (unpaired) electrons. The number of ketones is 1. The number of nitrogens with one attached hydrogen (secondary N) is 3. The van der Waals surface area contributed by atoms with Crippen LogP contribution in [0.3, 0.4) is 0 Å². The summed E-state index contributed by atoms with van der Waals surface area (Å²) in [5.74, 6) is -1.28. The molecule has 0 saturated carbocycles. The Morgan fingerprint density at radius 1 is 1.09 bits per heavy atom. The average molecular weight is 332 g/mol. The number of benzene rings is 2. The zero-order chi connectivity index (χ0) is 16.4. The molecule has 0 unspecified atom stereocenters. The summed E-state index contributed by atoms with van der Waals surface area (Å²) in [6.45, 7) is 0. The SMILES string of the molecule is O=C1C(=NNC(=S)Nc2ccc(F)cc2)Nc2ccc(F)cc21. The van der Waals surface area contributed by atoms with Gasteiger partial charge >= 0.3 is 0 Å². The Balaban J connectivity index is 1.66. The molecule has 3 rings (SSSR count). The highest BCUT2D eigenvalue weighted by Crippen LogP contribution is 2.23. The van der Waals surface area contributed by atoms with Gasteiger partial charge in [0.15, 0.2) is 10.9 Å². The van der Waals surface area contributed by atoms with E-state index in [4.69, 9.17) is 12.2 Å². The van der Waals surface area contributed by atoms with Gasteiger partial charge in [0.2, 0.25) is 5.78 Å². The summed E-state index contributed by atoms with van der Waals surface area (Å²) in [5.41, 5.74) is 3.77. The van der Waals surface area contributed by atoms with Gasteiger partial charge < -0.3 is 10.6 Å². The van der Waals surface area contributed by atoms with Crippen LogP contribution < -0.4 is 16.1 Å². The maximum Gasteiger partial charge on any atom is 0.232 e. The van der Waals surface area contributed by atoms with Gasteiger partial charge in [-0.1, -0.05) is 0 Å². The topological polar surface area (TPSA) is 65.5 Å². The highest BCUT2D eigenvalue weighted by Gasteiger charge is 2.26. The zero-order valence-electron chi connectivity index (χ0n) is 11.6. The molecule has 8 heteroatoms. The number of amidine groups is 1. The molecule has 1 aliphatic heterocycles. The molecular formula is C15H10F2N4OS. The van der Waals surface area contributed by atoms with Gasteiger partial charge in [0.1, 0.15) is 11.6 Å². The standard InChI is InChI=1S/C15H10F2N4OS/c16-8-1-4-10(5-2-8)18-15(23)21-20-14-13(22)11-7-9(17)3-6-12(11)19-14/h1-7H,(H2,18,21,23)(H,19,20,22). The first-order chi connectivity index (χ1) is 11.0. The molecule has 0 atom stereocenters. The number of thiocarbonyl (C=S) groups is 1. The summed E-state index contributed by atoms with van der Waals surface area (Å²) >= 11 is 5.03. The van der Waals surface area contributed by atoms with Crippen LogP contribution in [0.1, 0.15) is 10.4 Å². The Kier molecular flexibility index (Phi) is 3.98. The fourth-order valence-corrected chi connectivity index (χ4v) is 2.17. The van der Waals surface area contributed by atoms with Crippen molar-refractivity contribution in [3.63, 3.8) is 0 Å². The number of rotatable bonds is 2. The second kappa shape index (κ2) is 6.09. The molecule has 2 aromatic rings. The molecule has 0 amide bonds. The molecule has 0 saturated heterocycles. The van der Waals surface area contributed by atoms with Crippen molar-refractivity contribution in [3.8, 4) is 0 Å². The Hall–Kier alpha value is -2.87. The fraction of sp³-hybridized carbons (Fsp3) is 0. The van der Waals surface area contributed by atoms with Crippen molar-refractivity contribution in [3.05, 3.63) is 59.7 Å². The number of hydrogen-bond acceptors (Lipinski definition) is 3. The molecule has 1 aliphatic rings. The van der Waals surface area contributed by atoms with Gasteiger partial charge in [-0.2, -0.15) is 5.10 Å². The molecule has 3 N–H and O–H groups in total. The quantitative estimate of drug-likeness (QED) is 0.583. The summed E-state index contributed by atoms with van der Waals surface area (Å²) < 4.78 is 26.0. The van der Waals surface area contributed by atoms with Crippen molar-refractivity contribution in [1.82, 2.24) is 5.43 Å². The fourth-order valence-electron chi connectivity index (χ4n) is 2.00.